The average molecular weight is 303 g/mol. The highest BCUT2D eigenvalue weighted by atomic mass is 16.5. The maximum Gasteiger partial charge on any atom is 0.255 e. The molecule has 2 atom stereocenters. The van der Waals surface area contributed by atoms with Crippen LogP contribution in [0, 0.1) is 6.92 Å². The number of carbonyl (C=O) groups excluding carboxylic acids is 1. The van der Waals surface area contributed by atoms with Gasteiger partial charge in [-0.25, -0.2) is 0 Å². The van der Waals surface area contributed by atoms with E-state index in [0.717, 1.165) is 38.4 Å². The highest BCUT2D eigenvalue weighted by Crippen LogP contribution is 2.22. The van der Waals surface area contributed by atoms with Gasteiger partial charge in [0, 0.05) is 38.1 Å². The number of hydrogen-bond acceptors (Lipinski definition) is 4. The largest absolute Gasteiger partial charge is 0.378 e. The molecule has 0 aliphatic carbocycles. The summed E-state index contributed by atoms with van der Waals surface area (Å²) >= 11 is 0. The zero-order valence-electron chi connectivity index (χ0n) is 13.5. The lowest BCUT2D eigenvalue weighted by molar-refractivity contribution is -0.0776. The molecule has 1 aromatic heterocycles. The van der Waals surface area contributed by atoms with E-state index in [9.17, 15) is 4.79 Å². The van der Waals surface area contributed by atoms with Crippen LogP contribution in [0.2, 0.25) is 0 Å². The summed E-state index contributed by atoms with van der Waals surface area (Å²) in [6, 6.07) is 2.77. The minimum absolute atomic E-state index is 0.0912. The van der Waals surface area contributed by atoms with E-state index in [1.165, 1.54) is 12.8 Å². The molecule has 5 nitrogen and oxygen atoms in total. The first-order chi connectivity index (χ1) is 10.7. The Morgan fingerprint density at radius 2 is 2.23 bits per heavy atom. The van der Waals surface area contributed by atoms with Crippen LogP contribution >= 0.6 is 0 Å². The summed E-state index contributed by atoms with van der Waals surface area (Å²) in [6.07, 6.45) is 5.79. The van der Waals surface area contributed by atoms with Gasteiger partial charge in [-0.05, 0) is 25.0 Å². The van der Waals surface area contributed by atoms with Crippen molar-refractivity contribution in [1.82, 2.24) is 14.8 Å². The number of piperazine rings is 1. The molecule has 0 N–H and O–H groups in total. The maximum atomic E-state index is 12.7. The first-order valence-corrected chi connectivity index (χ1v) is 8.23. The molecule has 2 fully saturated rings. The molecule has 1 amide bonds. The van der Waals surface area contributed by atoms with Crippen molar-refractivity contribution in [1.29, 1.82) is 0 Å². The van der Waals surface area contributed by atoms with Crippen molar-refractivity contribution in [3.8, 4) is 0 Å². The van der Waals surface area contributed by atoms with Gasteiger partial charge in [0.15, 0.2) is 0 Å². The molecule has 0 bridgehead atoms. The Hall–Kier alpha value is -1.46. The predicted molar refractivity (Wildman–Crippen MR) is 84.9 cm³/mol. The van der Waals surface area contributed by atoms with Crippen LogP contribution < -0.4 is 0 Å². The summed E-state index contributed by atoms with van der Waals surface area (Å²) in [5, 5.41) is 0. The number of pyridine rings is 1. The fraction of sp³-hybridized carbons (Fsp3) is 0.647. The highest BCUT2D eigenvalue weighted by Gasteiger charge is 2.36. The summed E-state index contributed by atoms with van der Waals surface area (Å²) in [5.74, 6) is 0.0912. The minimum atomic E-state index is 0.0912. The van der Waals surface area contributed by atoms with Crippen molar-refractivity contribution in [2.75, 3.05) is 32.8 Å². The van der Waals surface area contributed by atoms with Crippen molar-refractivity contribution in [2.45, 2.75) is 38.8 Å². The molecule has 120 valence electrons. The Kier molecular flexibility index (Phi) is 4.74. The molecular weight excluding hydrogens is 278 g/mol. The van der Waals surface area contributed by atoms with Crippen LogP contribution in [0.3, 0.4) is 0 Å². The van der Waals surface area contributed by atoms with Gasteiger partial charge in [0.1, 0.15) is 0 Å². The van der Waals surface area contributed by atoms with Crippen LogP contribution in [-0.2, 0) is 4.74 Å². The fourth-order valence-electron chi connectivity index (χ4n) is 3.56. The number of aromatic nitrogens is 1. The fourth-order valence-corrected chi connectivity index (χ4v) is 3.56. The molecule has 1 aromatic rings. The molecule has 2 aliphatic heterocycles. The number of fused-ring (bicyclic) bond motifs is 1. The first kappa shape index (κ1) is 15.4. The summed E-state index contributed by atoms with van der Waals surface area (Å²) < 4.78 is 5.77. The monoisotopic (exact) mass is 303 g/mol. The summed E-state index contributed by atoms with van der Waals surface area (Å²) in [4.78, 5) is 21.3. The molecule has 2 aliphatic rings. The number of carbonyl (C=O) groups is 1. The van der Waals surface area contributed by atoms with Crippen molar-refractivity contribution >= 4 is 5.91 Å². The quantitative estimate of drug-likeness (QED) is 0.853. The van der Waals surface area contributed by atoms with Gasteiger partial charge >= 0.3 is 0 Å². The Labute approximate surface area is 132 Å². The van der Waals surface area contributed by atoms with Crippen molar-refractivity contribution in [3.05, 3.63) is 29.6 Å². The average Bonchev–Trinajstić information content (AvgIpc) is 2.54. The third-order valence-corrected chi connectivity index (χ3v) is 4.65. The van der Waals surface area contributed by atoms with Crippen LogP contribution in [0.4, 0.5) is 0 Å². The number of ether oxygens (including phenoxy) is 1. The smallest absolute Gasteiger partial charge is 0.255 e. The van der Waals surface area contributed by atoms with Crippen LogP contribution in [0.5, 0.6) is 0 Å². The number of nitrogens with zero attached hydrogens (tertiary/aromatic N) is 3. The second-order valence-electron chi connectivity index (χ2n) is 6.37. The van der Waals surface area contributed by atoms with Crippen LogP contribution in [0.25, 0.3) is 0 Å². The summed E-state index contributed by atoms with van der Waals surface area (Å²) in [7, 11) is 0. The molecule has 0 radical (unpaired) electrons. The molecule has 0 saturated carbocycles. The van der Waals surface area contributed by atoms with E-state index in [1.54, 1.807) is 12.4 Å². The topological polar surface area (TPSA) is 45.7 Å². The van der Waals surface area contributed by atoms with E-state index in [-0.39, 0.29) is 5.91 Å². The third kappa shape index (κ3) is 3.15. The number of rotatable bonds is 3. The third-order valence-electron chi connectivity index (χ3n) is 4.65. The lowest BCUT2D eigenvalue weighted by Crippen LogP contribution is -2.62. The second-order valence-corrected chi connectivity index (χ2v) is 6.37. The van der Waals surface area contributed by atoms with Crippen molar-refractivity contribution in [2.24, 2.45) is 0 Å². The normalized spacial score (nSPS) is 25.8. The number of aryl methyl sites for hydroxylation is 1. The van der Waals surface area contributed by atoms with Crippen LogP contribution in [0.1, 0.15) is 35.7 Å². The van der Waals surface area contributed by atoms with E-state index in [1.807, 2.05) is 17.9 Å². The molecule has 0 spiro atoms. The predicted octanol–water partition coefficient (Wildman–Crippen LogP) is 1.72. The van der Waals surface area contributed by atoms with E-state index >= 15 is 0 Å². The molecule has 3 heterocycles. The van der Waals surface area contributed by atoms with Gasteiger partial charge in [0.25, 0.3) is 5.91 Å². The highest BCUT2D eigenvalue weighted by molar-refractivity contribution is 5.94. The molecule has 0 aromatic carbocycles. The Balaban J connectivity index is 1.68. The van der Waals surface area contributed by atoms with E-state index < -0.39 is 0 Å². The Morgan fingerprint density at radius 3 is 3.00 bits per heavy atom. The van der Waals surface area contributed by atoms with E-state index in [2.05, 4.69) is 16.8 Å². The molecular formula is C17H25N3O2. The van der Waals surface area contributed by atoms with Gasteiger partial charge in [-0.3, -0.25) is 14.7 Å². The van der Waals surface area contributed by atoms with E-state index in [4.69, 9.17) is 4.74 Å². The maximum absolute atomic E-state index is 12.7. The van der Waals surface area contributed by atoms with Gasteiger partial charge in [-0.15, -0.1) is 0 Å². The zero-order valence-corrected chi connectivity index (χ0v) is 13.5. The summed E-state index contributed by atoms with van der Waals surface area (Å²) in [6.45, 7) is 8.25. The van der Waals surface area contributed by atoms with Crippen molar-refractivity contribution < 1.29 is 9.53 Å². The van der Waals surface area contributed by atoms with Gasteiger partial charge in [-0.2, -0.15) is 0 Å². The number of morpholine rings is 1. The van der Waals surface area contributed by atoms with Gasteiger partial charge < -0.3 is 9.64 Å². The molecule has 2 saturated heterocycles. The lowest BCUT2D eigenvalue weighted by Gasteiger charge is -2.48. The SMILES string of the molecule is CCC[C@H]1COC[C@H]2CN(C(=O)c3cncc(C)c3)CCN12. The second kappa shape index (κ2) is 6.75. The van der Waals surface area contributed by atoms with E-state index in [0.29, 0.717) is 17.6 Å². The molecule has 3 rings (SSSR count). The first-order valence-electron chi connectivity index (χ1n) is 8.23. The molecule has 5 heteroatoms. The zero-order chi connectivity index (χ0) is 15.5. The number of hydrogen-bond donors (Lipinski definition) is 0. The minimum Gasteiger partial charge on any atom is -0.378 e. The number of amides is 1. The lowest BCUT2D eigenvalue weighted by atomic mass is 10.0. The summed E-state index contributed by atoms with van der Waals surface area (Å²) in [5.41, 5.74) is 1.71. The van der Waals surface area contributed by atoms with Crippen LogP contribution in [-0.4, -0.2) is 65.6 Å². The van der Waals surface area contributed by atoms with Gasteiger partial charge in [-0.1, -0.05) is 13.3 Å². The standard InChI is InChI=1S/C17H25N3O2/c1-3-4-15-11-22-12-16-10-19(5-6-20(15)16)17(21)14-7-13(2)8-18-9-14/h7-9,15-16H,3-6,10-12H2,1-2H3/t15-,16+/m0/s1. The Bertz CT molecular complexity index is 532. The molecule has 22 heavy (non-hydrogen) atoms. The van der Waals surface area contributed by atoms with Crippen molar-refractivity contribution in [3.63, 3.8) is 0 Å². The molecule has 0 unspecified atom stereocenters. The van der Waals surface area contributed by atoms with Gasteiger partial charge in [0.05, 0.1) is 24.8 Å². The van der Waals surface area contributed by atoms with Crippen LogP contribution in [0.15, 0.2) is 18.5 Å². The van der Waals surface area contributed by atoms with Gasteiger partial charge in [0.2, 0.25) is 0 Å². The Morgan fingerprint density at radius 1 is 1.36 bits per heavy atom.